The second kappa shape index (κ2) is 17.8. The molecular formula is C42H47N3O7S. The van der Waals surface area contributed by atoms with E-state index in [1.165, 1.54) is 11.3 Å². The Hall–Kier alpha value is -4.84. The summed E-state index contributed by atoms with van der Waals surface area (Å²) < 4.78 is 5.38. The first-order chi connectivity index (χ1) is 25.7. The van der Waals surface area contributed by atoms with Gasteiger partial charge in [-0.15, -0.1) is 11.3 Å². The number of rotatable bonds is 15. The number of carboxylic acids is 2. The number of hydrogen-bond donors (Lipinski definition) is 4. The van der Waals surface area contributed by atoms with Crippen LogP contribution < -0.4 is 10.6 Å². The summed E-state index contributed by atoms with van der Waals surface area (Å²) in [5.74, 6) is -2.46. The average molecular weight is 738 g/mol. The van der Waals surface area contributed by atoms with Gasteiger partial charge >= 0.3 is 11.9 Å². The van der Waals surface area contributed by atoms with E-state index in [0.717, 1.165) is 78.5 Å². The number of methoxy groups -OCH3 is 1. The first kappa shape index (κ1) is 37.9. The third-order valence-electron chi connectivity index (χ3n) is 10.5. The lowest BCUT2D eigenvalue weighted by Gasteiger charge is -2.36. The SMILES string of the molecule is COCCN(Cc1cccc(C(=O)Nc2sc3c(c2C(=O)Nc2ccc(CCc4ccc(C(=O)O)cc4)cc2)CCCC3)c1)C1CCC(C(=O)O)CC1. The average Bonchev–Trinajstić information content (AvgIpc) is 3.54. The molecule has 6 rings (SSSR count). The van der Waals surface area contributed by atoms with Crippen molar-refractivity contribution in [2.24, 2.45) is 5.92 Å². The Balaban J connectivity index is 1.12. The van der Waals surface area contributed by atoms with E-state index in [4.69, 9.17) is 9.84 Å². The minimum absolute atomic E-state index is 0.244. The molecule has 1 heterocycles. The first-order valence-electron chi connectivity index (χ1n) is 18.4. The predicted octanol–water partition coefficient (Wildman–Crippen LogP) is 7.71. The van der Waals surface area contributed by atoms with Gasteiger partial charge in [-0.1, -0.05) is 36.4 Å². The topological polar surface area (TPSA) is 145 Å². The van der Waals surface area contributed by atoms with Crippen LogP contribution in [-0.4, -0.2) is 65.2 Å². The van der Waals surface area contributed by atoms with Crippen molar-refractivity contribution >= 4 is 45.8 Å². The molecule has 0 atom stereocenters. The van der Waals surface area contributed by atoms with E-state index in [-0.39, 0.29) is 29.3 Å². The molecule has 3 aromatic carbocycles. The Bertz CT molecular complexity index is 1910. The smallest absolute Gasteiger partial charge is 0.335 e. The van der Waals surface area contributed by atoms with Crippen molar-refractivity contribution < 1.29 is 34.1 Å². The van der Waals surface area contributed by atoms with Gasteiger partial charge in [0.2, 0.25) is 0 Å². The third kappa shape index (κ3) is 9.78. The highest BCUT2D eigenvalue weighted by Gasteiger charge is 2.30. The molecule has 0 bridgehead atoms. The summed E-state index contributed by atoms with van der Waals surface area (Å²) in [6.45, 7) is 1.89. The summed E-state index contributed by atoms with van der Waals surface area (Å²) in [7, 11) is 1.67. The number of carbonyl (C=O) groups excluding carboxylic acids is 2. The number of nitrogens with zero attached hydrogens (tertiary/aromatic N) is 1. The molecule has 0 saturated heterocycles. The van der Waals surface area contributed by atoms with Crippen LogP contribution in [0.1, 0.15) is 96.7 Å². The normalized spacial score (nSPS) is 16.9. The number of amides is 2. The zero-order valence-corrected chi connectivity index (χ0v) is 30.9. The Kier molecular flexibility index (Phi) is 12.7. The van der Waals surface area contributed by atoms with Crippen molar-refractivity contribution in [1.29, 1.82) is 0 Å². The molecule has 10 nitrogen and oxygen atoms in total. The molecule has 53 heavy (non-hydrogen) atoms. The van der Waals surface area contributed by atoms with Crippen LogP contribution in [0.3, 0.4) is 0 Å². The first-order valence-corrected chi connectivity index (χ1v) is 19.2. The number of thiophene rings is 1. The largest absolute Gasteiger partial charge is 0.481 e. The van der Waals surface area contributed by atoms with Crippen molar-refractivity contribution in [3.63, 3.8) is 0 Å². The molecule has 4 aromatic rings. The van der Waals surface area contributed by atoms with Crippen molar-refractivity contribution in [2.45, 2.75) is 76.8 Å². The summed E-state index contributed by atoms with van der Waals surface area (Å²) in [6, 6.07) is 22.5. The maximum absolute atomic E-state index is 13.9. The fraction of sp³-hybridized carbons (Fsp3) is 0.381. The number of aromatic carboxylic acids is 1. The molecule has 1 aromatic heterocycles. The van der Waals surface area contributed by atoms with E-state index in [1.807, 2.05) is 54.6 Å². The lowest BCUT2D eigenvalue weighted by Crippen LogP contribution is -2.40. The zero-order valence-electron chi connectivity index (χ0n) is 30.1. The van der Waals surface area contributed by atoms with Crippen LogP contribution in [0, 0.1) is 5.92 Å². The van der Waals surface area contributed by atoms with Gasteiger partial charge in [-0.25, -0.2) is 4.79 Å². The number of ether oxygens (including phenoxy) is 1. The number of anilines is 2. The highest BCUT2D eigenvalue weighted by Crippen LogP contribution is 2.39. The van der Waals surface area contributed by atoms with E-state index in [2.05, 4.69) is 15.5 Å². The molecule has 278 valence electrons. The van der Waals surface area contributed by atoms with Gasteiger partial charge < -0.3 is 25.6 Å². The Morgan fingerprint density at radius 2 is 1.47 bits per heavy atom. The fourth-order valence-corrected chi connectivity index (χ4v) is 8.73. The molecule has 0 radical (unpaired) electrons. The molecule has 2 aliphatic rings. The van der Waals surface area contributed by atoms with Crippen LogP contribution in [0.5, 0.6) is 0 Å². The molecule has 0 aliphatic heterocycles. The van der Waals surface area contributed by atoms with Gasteiger partial charge in [0, 0.05) is 42.4 Å². The van der Waals surface area contributed by atoms with Crippen molar-refractivity contribution in [2.75, 3.05) is 30.9 Å². The molecule has 0 spiro atoms. The number of aliphatic carboxylic acids is 1. The number of nitrogens with one attached hydrogen (secondary N) is 2. The summed E-state index contributed by atoms with van der Waals surface area (Å²) in [4.78, 5) is 53.8. The Morgan fingerprint density at radius 3 is 2.13 bits per heavy atom. The van der Waals surface area contributed by atoms with Crippen molar-refractivity contribution in [3.05, 3.63) is 117 Å². The van der Waals surface area contributed by atoms with E-state index in [9.17, 15) is 24.3 Å². The molecule has 1 fully saturated rings. The third-order valence-corrected chi connectivity index (χ3v) is 11.7. The van der Waals surface area contributed by atoms with E-state index in [1.54, 1.807) is 25.3 Å². The second-order valence-electron chi connectivity index (χ2n) is 14.0. The fourth-order valence-electron chi connectivity index (χ4n) is 7.45. The van der Waals surface area contributed by atoms with E-state index in [0.29, 0.717) is 54.4 Å². The van der Waals surface area contributed by atoms with Crippen LogP contribution in [0.15, 0.2) is 72.8 Å². The minimum atomic E-state index is -0.940. The molecule has 0 unspecified atom stereocenters. The number of carbonyl (C=O) groups is 4. The number of aryl methyl sites for hydroxylation is 3. The maximum atomic E-state index is 13.9. The van der Waals surface area contributed by atoms with Gasteiger partial charge in [0.25, 0.3) is 11.8 Å². The summed E-state index contributed by atoms with van der Waals surface area (Å²) in [5, 5.41) is 25.3. The standard InChI is InChI=1S/C42H47N3O7S/c1-52-24-23-45(34-21-17-31(18-22-34)42(50)51)26-29-5-4-6-32(25-29)38(46)44-40-37(35-7-2-3-8-36(35)53-40)39(47)43-33-19-13-28(14-20-33)10-9-27-11-15-30(16-12-27)41(48)49/h4-6,11-16,19-20,25,31,34H,2-3,7-10,17-18,21-24,26H2,1H3,(H,43,47)(H,44,46)(H,48,49)(H,50,51). The minimum Gasteiger partial charge on any atom is -0.481 e. The van der Waals surface area contributed by atoms with Crippen molar-refractivity contribution in [3.8, 4) is 0 Å². The number of hydrogen-bond acceptors (Lipinski definition) is 7. The Morgan fingerprint density at radius 1 is 0.792 bits per heavy atom. The van der Waals surface area contributed by atoms with Crippen molar-refractivity contribution in [1.82, 2.24) is 4.90 Å². The monoisotopic (exact) mass is 737 g/mol. The lowest BCUT2D eigenvalue weighted by molar-refractivity contribution is -0.143. The molecular weight excluding hydrogens is 691 g/mol. The van der Waals surface area contributed by atoms with Gasteiger partial charge in [0.1, 0.15) is 5.00 Å². The second-order valence-corrected chi connectivity index (χ2v) is 15.1. The highest BCUT2D eigenvalue weighted by molar-refractivity contribution is 7.17. The van der Waals surface area contributed by atoms with Crippen LogP contribution in [0.2, 0.25) is 0 Å². The molecule has 4 N–H and O–H groups in total. The van der Waals surface area contributed by atoms with Gasteiger partial charge in [-0.05, 0) is 123 Å². The van der Waals surface area contributed by atoms with Crippen LogP contribution in [0.4, 0.5) is 10.7 Å². The molecule has 2 aliphatic carbocycles. The number of benzene rings is 3. The summed E-state index contributed by atoms with van der Waals surface area (Å²) in [6.07, 6.45) is 8.19. The van der Waals surface area contributed by atoms with Gasteiger partial charge in [0.05, 0.1) is 23.7 Å². The number of fused-ring (bicyclic) bond motifs is 1. The number of carboxylic acid groups (broad SMARTS) is 2. The molecule has 1 saturated carbocycles. The van der Waals surface area contributed by atoms with Crippen LogP contribution >= 0.6 is 11.3 Å². The predicted molar refractivity (Wildman–Crippen MR) is 206 cm³/mol. The van der Waals surface area contributed by atoms with Gasteiger partial charge in [-0.3, -0.25) is 19.3 Å². The zero-order chi connectivity index (χ0) is 37.3. The van der Waals surface area contributed by atoms with Gasteiger partial charge in [-0.2, -0.15) is 0 Å². The maximum Gasteiger partial charge on any atom is 0.335 e. The highest BCUT2D eigenvalue weighted by atomic mass is 32.1. The lowest BCUT2D eigenvalue weighted by atomic mass is 9.85. The molecule has 2 amide bonds. The Labute approximate surface area is 314 Å². The molecule has 11 heteroatoms. The van der Waals surface area contributed by atoms with Gasteiger partial charge in [0.15, 0.2) is 0 Å². The quantitative estimate of drug-likeness (QED) is 0.0972. The van der Waals surface area contributed by atoms with Crippen LogP contribution in [-0.2, 0) is 41.8 Å². The van der Waals surface area contributed by atoms with Crippen LogP contribution in [0.25, 0.3) is 0 Å². The van der Waals surface area contributed by atoms with E-state index >= 15 is 0 Å². The van der Waals surface area contributed by atoms with E-state index < -0.39 is 11.9 Å². The summed E-state index contributed by atoms with van der Waals surface area (Å²) in [5.41, 5.74) is 6.12. The summed E-state index contributed by atoms with van der Waals surface area (Å²) >= 11 is 1.49.